The second-order valence-corrected chi connectivity index (χ2v) is 6.62. The molecule has 0 aromatic carbocycles. The highest BCUT2D eigenvalue weighted by molar-refractivity contribution is 4.72. The molecular weight excluding hydrogens is 236 g/mol. The highest BCUT2D eigenvalue weighted by atomic mass is 16.5. The van der Waals surface area contributed by atoms with E-state index in [0.717, 1.165) is 32.8 Å². The standard InChI is InChI=1S/C16H34N2O/c1-4-5-6-9-16(2,3)14-18-12-13-19-15-7-10-17-11-8-15/h15,17-18H,4-14H2,1-3H3. The minimum absolute atomic E-state index is 0.421. The lowest BCUT2D eigenvalue weighted by atomic mass is 9.87. The van der Waals surface area contributed by atoms with Crippen molar-refractivity contribution in [3.8, 4) is 0 Å². The molecule has 0 spiro atoms. The van der Waals surface area contributed by atoms with Crippen LogP contribution in [0.3, 0.4) is 0 Å². The summed E-state index contributed by atoms with van der Waals surface area (Å²) >= 11 is 0. The minimum Gasteiger partial charge on any atom is -0.377 e. The Labute approximate surface area is 119 Å². The largest absolute Gasteiger partial charge is 0.377 e. The van der Waals surface area contributed by atoms with Crippen LogP contribution in [0.2, 0.25) is 0 Å². The molecule has 1 rings (SSSR count). The number of nitrogens with one attached hydrogen (secondary N) is 2. The van der Waals surface area contributed by atoms with Crippen molar-refractivity contribution in [2.24, 2.45) is 5.41 Å². The van der Waals surface area contributed by atoms with Gasteiger partial charge in [-0.15, -0.1) is 0 Å². The maximum absolute atomic E-state index is 5.89. The average molecular weight is 270 g/mol. The van der Waals surface area contributed by atoms with E-state index in [2.05, 4.69) is 31.4 Å². The van der Waals surface area contributed by atoms with E-state index >= 15 is 0 Å². The predicted octanol–water partition coefficient (Wildman–Crippen LogP) is 2.95. The molecule has 0 saturated carbocycles. The Kier molecular flexibility index (Phi) is 8.67. The van der Waals surface area contributed by atoms with Crippen LogP contribution in [-0.2, 0) is 4.74 Å². The molecule has 1 saturated heterocycles. The fraction of sp³-hybridized carbons (Fsp3) is 1.00. The van der Waals surface area contributed by atoms with Gasteiger partial charge >= 0.3 is 0 Å². The summed E-state index contributed by atoms with van der Waals surface area (Å²) in [6.45, 7) is 12.2. The van der Waals surface area contributed by atoms with Gasteiger partial charge in [-0.05, 0) is 37.8 Å². The molecule has 1 heterocycles. The van der Waals surface area contributed by atoms with Crippen molar-refractivity contribution in [2.45, 2.75) is 65.4 Å². The molecule has 1 fully saturated rings. The van der Waals surface area contributed by atoms with Crippen molar-refractivity contribution in [1.29, 1.82) is 0 Å². The number of hydrogen-bond donors (Lipinski definition) is 2. The van der Waals surface area contributed by atoms with E-state index < -0.39 is 0 Å². The number of unbranched alkanes of at least 4 members (excludes halogenated alkanes) is 2. The van der Waals surface area contributed by atoms with Crippen molar-refractivity contribution in [3.63, 3.8) is 0 Å². The molecule has 0 atom stereocenters. The molecule has 3 nitrogen and oxygen atoms in total. The van der Waals surface area contributed by atoms with E-state index in [0.29, 0.717) is 11.5 Å². The second kappa shape index (κ2) is 9.73. The summed E-state index contributed by atoms with van der Waals surface area (Å²) in [7, 11) is 0. The highest BCUT2D eigenvalue weighted by Crippen LogP contribution is 2.22. The third kappa shape index (κ3) is 8.61. The van der Waals surface area contributed by atoms with E-state index in [1.165, 1.54) is 38.5 Å². The maximum Gasteiger partial charge on any atom is 0.0600 e. The highest BCUT2D eigenvalue weighted by Gasteiger charge is 2.17. The number of hydrogen-bond acceptors (Lipinski definition) is 3. The molecule has 0 unspecified atom stereocenters. The third-order valence-electron chi connectivity index (χ3n) is 3.98. The van der Waals surface area contributed by atoms with E-state index in [9.17, 15) is 0 Å². The molecule has 0 bridgehead atoms. The molecule has 19 heavy (non-hydrogen) atoms. The van der Waals surface area contributed by atoms with Gasteiger partial charge < -0.3 is 15.4 Å². The Balaban J connectivity index is 1.96. The topological polar surface area (TPSA) is 33.3 Å². The smallest absolute Gasteiger partial charge is 0.0600 e. The minimum atomic E-state index is 0.421. The molecule has 1 aliphatic rings. The lowest BCUT2D eigenvalue weighted by Crippen LogP contribution is -2.35. The van der Waals surface area contributed by atoms with Gasteiger partial charge in [0.1, 0.15) is 0 Å². The van der Waals surface area contributed by atoms with Gasteiger partial charge in [0.05, 0.1) is 12.7 Å². The van der Waals surface area contributed by atoms with E-state index in [1.54, 1.807) is 0 Å². The summed E-state index contributed by atoms with van der Waals surface area (Å²) in [5.74, 6) is 0. The molecule has 0 aromatic heterocycles. The fourth-order valence-corrected chi connectivity index (χ4v) is 2.63. The molecular formula is C16H34N2O. The third-order valence-corrected chi connectivity index (χ3v) is 3.98. The first-order valence-corrected chi connectivity index (χ1v) is 8.17. The number of ether oxygens (including phenoxy) is 1. The zero-order chi connectivity index (χ0) is 14.0. The summed E-state index contributed by atoms with van der Waals surface area (Å²) in [5, 5.41) is 6.92. The molecule has 3 heteroatoms. The van der Waals surface area contributed by atoms with E-state index in [4.69, 9.17) is 4.74 Å². The van der Waals surface area contributed by atoms with Crippen LogP contribution in [-0.4, -0.2) is 38.9 Å². The SMILES string of the molecule is CCCCCC(C)(C)CNCCOC1CCNCC1. The zero-order valence-electron chi connectivity index (χ0n) is 13.3. The Morgan fingerprint density at radius 3 is 2.63 bits per heavy atom. The van der Waals surface area contributed by atoms with Gasteiger partial charge in [-0.1, -0.05) is 40.0 Å². The first-order valence-electron chi connectivity index (χ1n) is 8.17. The van der Waals surface area contributed by atoms with Crippen LogP contribution in [0.15, 0.2) is 0 Å². The van der Waals surface area contributed by atoms with Gasteiger partial charge in [-0.2, -0.15) is 0 Å². The zero-order valence-corrected chi connectivity index (χ0v) is 13.3. The lowest BCUT2D eigenvalue weighted by molar-refractivity contribution is 0.0340. The molecule has 0 amide bonds. The van der Waals surface area contributed by atoms with Crippen LogP contribution in [0.5, 0.6) is 0 Å². The first kappa shape index (κ1) is 16.9. The fourth-order valence-electron chi connectivity index (χ4n) is 2.63. The van der Waals surface area contributed by atoms with Crippen LogP contribution in [0.25, 0.3) is 0 Å². The second-order valence-electron chi connectivity index (χ2n) is 6.62. The summed E-state index contributed by atoms with van der Waals surface area (Å²) in [6, 6.07) is 0. The molecule has 0 aliphatic carbocycles. The van der Waals surface area contributed by atoms with Gasteiger partial charge in [0.25, 0.3) is 0 Å². The Morgan fingerprint density at radius 1 is 1.21 bits per heavy atom. The Morgan fingerprint density at radius 2 is 1.95 bits per heavy atom. The van der Waals surface area contributed by atoms with Gasteiger partial charge in [0, 0.05) is 13.1 Å². The predicted molar refractivity (Wildman–Crippen MR) is 82.6 cm³/mol. The van der Waals surface area contributed by atoms with Gasteiger partial charge in [-0.25, -0.2) is 0 Å². The van der Waals surface area contributed by atoms with Gasteiger partial charge in [-0.3, -0.25) is 0 Å². The summed E-state index contributed by atoms with van der Waals surface area (Å²) in [6.07, 6.45) is 8.18. The normalized spacial score (nSPS) is 17.8. The Hall–Kier alpha value is -0.120. The van der Waals surface area contributed by atoms with Crippen LogP contribution >= 0.6 is 0 Å². The van der Waals surface area contributed by atoms with Crippen LogP contribution in [0, 0.1) is 5.41 Å². The van der Waals surface area contributed by atoms with Gasteiger partial charge in [0.15, 0.2) is 0 Å². The summed E-state index contributed by atoms with van der Waals surface area (Å²) in [4.78, 5) is 0. The molecule has 1 aliphatic heterocycles. The van der Waals surface area contributed by atoms with Crippen LogP contribution in [0.4, 0.5) is 0 Å². The molecule has 114 valence electrons. The lowest BCUT2D eigenvalue weighted by Gasteiger charge is -2.26. The monoisotopic (exact) mass is 270 g/mol. The number of rotatable bonds is 10. The first-order chi connectivity index (χ1) is 9.14. The van der Waals surface area contributed by atoms with Crippen molar-refractivity contribution in [2.75, 3.05) is 32.8 Å². The average Bonchev–Trinajstić information content (AvgIpc) is 2.39. The van der Waals surface area contributed by atoms with E-state index in [-0.39, 0.29) is 0 Å². The molecule has 0 aromatic rings. The van der Waals surface area contributed by atoms with Gasteiger partial charge in [0.2, 0.25) is 0 Å². The number of piperidine rings is 1. The molecule has 0 radical (unpaired) electrons. The van der Waals surface area contributed by atoms with Crippen molar-refractivity contribution in [1.82, 2.24) is 10.6 Å². The Bertz CT molecular complexity index is 213. The quantitative estimate of drug-likeness (QED) is 0.599. The maximum atomic E-state index is 5.89. The van der Waals surface area contributed by atoms with Crippen molar-refractivity contribution in [3.05, 3.63) is 0 Å². The van der Waals surface area contributed by atoms with Crippen molar-refractivity contribution < 1.29 is 4.74 Å². The van der Waals surface area contributed by atoms with Crippen LogP contribution < -0.4 is 10.6 Å². The summed E-state index contributed by atoms with van der Waals surface area (Å²) in [5.41, 5.74) is 0.421. The van der Waals surface area contributed by atoms with E-state index in [1.807, 2.05) is 0 Å². The van der Waals surface area contributed by atoms with Crippen molar-refractivity contribution >= 4 is 0 Å². The van der Waals surface area contributed by atoms with Crippen LogP contribution in [0.1, 0.15) is 59.3 Å². The summed E-state index contributed by atoms with van der Waals surface area (Å²) < 4.78 is 5.89. The molecule has 2 N–H and O–H groups in total.